The van der Waals surface area contributed by atoms with E-state index in [9.17, 15) is 27.9 Å². The van der Waals surface area contributed by atoms with Crippen LogP contribution < -0.4 is 5.32 Å². The van der Waals surface area contributed by atoms with Gasteiger partial charge in [-0.3, -0.25) is 9.59 Å². The molecular formula is C36H37F3N4O5S. The molecule has 49 heavy (non-hydrogen) atoms. The molecule has 0 bridgehead atoms. The number of nitrogens with one attached hydrogen (secondary N) is 1. The standard InChI is InChI=1S/C36H37F3N4O5S/c1-42-18-16-40-35(42)49-22-28-19-31(25-10-8-23(21-44)9-11-25)48-33(47-28)26-14-12-24(13-15-26)29-6-3-2-5-27(29)20-41-32(45)30-7-4-17-43(30)34(46)36(37,38)39/h2-3,5-6,8-16,18,28,30-31,33,44H,4,7,17,19-22H2,1H3,(H,41,45)/t28-,30-,31+,33+/m0/s1. The molecule has 0 spiro atoms. The second-order valence-electron chi connectivity index (χ2n) is 12.1. The van der Waals surface area contributed by atoms with Gasteiger partial charge in [0.2, 0.25) is 5.91 Å². The Kier molecular flexibility index (Phi) is 10.7. The van der Waals surface area contributed by atoms with E-state index in [1.807, 2.05) is 90.6 Å². The van der Waals surface area contributed by atoms with E-state index in [1.54, 1.807) is 18.0 Å². The number of aromatic nitrogens is 2. The molecule has 9 nitrogen and oxygen atoms in total. The summed E-state index contributed by atoms with van der Waals surface area (Å²) in [6.07, 6.45) is -1.21. The molecule has 0 aliphatic carbocycles. The van der Waals surface area contributed by atoms with Crippen LogP contribution in [0.5, 0.6) is 0 Å². The van der Waals surface area contributed by atoms with Gasteiger partial charge >= 0.3 is 12.1 Å². The molecule has 4 aromatic rings. The van der Waals surface area contributed by atoms with Crippen molar-refractivity contribution in [3.63, 3.8) is 0 Å². The number of aliphatic hydroxyl groups is 1. The minimum Gasteiger partial charge on any atom is -0.392 e. The number of hydrogen-bond acceptors (Lipinski definition) is 7. The Morgan fingerprint density at radius 1 is 1.02 bits per heavy atom. The summed E-state index contributed by atoms with van der Waals surface area (Å²) in [5.41, 5.74) is 5.14. The Bertz CT molecular complexity index is 1750. The van der Waals surface area contributed by atoms with Gasteiger partial charge in [0.05, 0.1) is 18.8 Å². The van der Waals surface area contributed by atoms with Crippen molar-refractivity contribution >= 4 is 23.6 Å². The first-order chi connectivity index (χ1) is 23.6. The lowest BCUT2D eigenvalue weighted by Gasteiger charge is -2.36. The predicted molar refractivity (Wildman–Crippen MR) is 177 cm³/mol. The predicted octanol–water partition coefficient (Wildman–Crippen LogP) is 6.09. The second-order valence-corrected chi connectivity index (χ2v) is 13.1. The smallest absolute Gasteiger partial charge is 0.392 e. The van der Waals surface area contributed by atoms with Crippen molar-refractivity contribution in [2.45, 2.75) is 68.3 Å². The van der Waals surface area contributed by atoms with Crippen molar-refractivity contribution in [1.82, 2.24) is 19.8 Å². The maximum atomic E-state index is 13.1. The monoisotopic (exact) mass is 694 g/mol. The van der Waals surface area contributed by atoms with Crippen molar-refractivity contribution in [2.75, 3.05) is 12.3 Å². The van der Waals surface area contributed by atoms with Crippen LogP contribution in [0.15, 0.2) is 90.3 Å². The molecule has 3 heterocycles. The van der Waals surface area contributed by atoms with E-state index in [1.165, 1.54) is 0 Å². The number of carbonyl (C=O) groups is 2. The topological polar surface area (TPSA) is 106 Å². The van der Waals surface area contributed by atoms with Gasteiger partial charge in [0, 0.05) is 50.3 Å². The number of likely N-dealkylation sites (tertiary alicyclic amines) is 1. The number of thioether (sulfide) groups is 1. The Hall–Kier alpha value is -4.17. The highest BCUT2D eigenvalue weighted by Crippen LogP contribution is 2.40. The largest absolute Gasteiger partial charge is 0.471 e. The van der Waals surface area contributed by atoms with Gasteiger partial charge in [0.1, 0.15) is 6.04 Å². The van der Waals surface area contributed by atoms with Gasteiger partial charge in [0.15, 0.2) is 11.4 Å². The van der Waals surface area contributed by atoms with Crippen LogP contribution in [0.2, 0.25) is 0 Å². The van der Waals surface area contributed by atoms with Gasteiger partial charge in [-0.25, -0.2) is 4.98 Å². The fraction of sp³-hybridized carbons (Fsp3) is 0.361. The van der Waals surface area contributed by atoms with Crippen LogP contribution in [0.1, 0.15) is 53.9 Å². The number of aliphatic hydroxyl groups excluding tert-OH is 1. The van der Waals surface area contributed by atoms with Crippen LogP contribution in [-0.4, -0.2) is 62.0 Å². The van der Waals surface area contributed by atoms with E-state index < -0.39 is 30.3 Å². The summed E-state index contributed by atoms with van der Waals surface area (Å²) in [6, 6.07) is 21.8. The number of halogens is 3. The van der Waals surface area contributed by atoms with Gasteiger partial charge in [-0.05, 0) is 40.7 Å². The number of rotatable bonds is 10. The lowest BCUT2D eigenvalue weighted by atomic mass is 9.97. The normalized spacial score (nSPS) is 21.1. The zero-order valence-corrected chi connectivity index (χ0v) is 27.6. The van der Waals surface area contributed by atoms with Crippen molar-refractivity contribution in [3.8, 4) is 11.1 Å². The summed E-state index contributed by atoms with van der Waals surface area (Å²) in [5.74, 6) is -1.92. The van der Waals surface area contributed by atoms with Crippen molar-refractivity contribution in [2.24, 2.45) is 7.05 Å². The molecule has 2 N–H and O–H groups in total. The highest BCUT2D eigenvalue weighted by atomic mass is 32.2. The Balaban J connectivity index is 1.16. The molecule has 2 aliphatic heterocycles. The third-order valence-electron chi connectivity index (χ3n) is 8.81. The van der Waals surface area contributed by atoms with Crippen LogP contribution in [0.3, 0.4) is 0 Å². The summed E-state index contributed by atoms with van der Waals surface area (Å²) in [4.78, 5) is 29.8. The molecule has 2 saturated heterocycles. The molecule has 2 amide bonds. The lowest BCUT2D eigenvalue weighted by Crippen LogP contribution is -2.50. The summed E-state index contributed by atoms with van der Waals surface area (Å²) in [7, 11) is 1.95. The number of benzene rings is 3. The molecule has 2 fully saturated rings. The van der Waals surface area contributed by atoms with E-state index in [-0.39, 0.29) is 38.3 Å². The summed E-state index contributed by atoms with van der Waals surface area (Å²) >= 11 is 1.62. The fourth-order valence-electron chi connectivity index (χ4n) is 6.20. The van der Waals surface area contributed by atoms with E-state index in [4.69, 9.17) is 9.47 Å². The first kappa shape index (κ1) is 34.7. The van der Waals surface area contributed by atoms with Gasteiger partial charge < -0.3 is 29.4 Å². The number of aryl methyl sites for hydroxylation is 1. The van der Waals surface area contributed by atoms with Crippen LogP contribution >= 0.6 is 11.8 Å². The third kappa shape index (κ3) is 8.18. The quantitative estimate of drug-likeness (QED) is 0.194. The minimum atomic E-state index is -5.03. The molecule has 13 heteroatoms. The molecule has 6 rings (SSSR count). The zero-order chi connectivity index (χ0) is 34.5. The summed E-state index contributed by atoms with van der Waals surface area (Å²) < 4.78 is 54.1. The number of carbonyl (C=O) groups excluding carboxylic acids is 2. The molecule has 258 valence electrons. The van der Waals surface area contributed by atoms with Crippen LogP contribution in [0.25, 0.3) is 11.1 Å². The number of imidazole rings is 1. The average molecular weight is 695 g/mol. The molecule has 3 aromatic carbocycles. The SMILES string of the molecule is Cn1ccnc1SC[C@@H]1C[C@H](c2ccc(CO)cc2)O[C@H](c2ccc(-c3ccccc3CNC(=O)[C@@H]3CCCN3C(=O)C(F)(F)F)cc2)O1. The average Bonchev–Trinajstić information content (AvgIpc) is 3.78. The third-order valence-corrected chi connectivity index (χ3v) is 10.0. The minimum absolute atomic E-state index is 0.0373. The summed E-state index contributed by atoms with van der Waals surface area (Å²) in [5, 5.41) is 13.1. The second kappa shape index (κ2) is 15.2. The number of nitrogens with zero attached hydrogens (tertiary/aromatic N) is 3. The van der Waals surface area contributed by atoms with Crippen molar-refractivity contribution in [3.05, 3.63) is 107 Å². The van der Waals surface area contributed by atoms with E-state index in [2.05, 4.69) is 10.3 Å². The van der Waals surface area contributed by atoms with E-state index in [0.29, 0.717) is 23.5 Å². The Morgan fingerprint density at radius 3 is 2.45 bits per heavy atom. The van der Waals surface area contributed by atoms with Gasteiger partial charge in [0.25, 0.3) is 0 Å². The number of amides is 2. The van der Waals surface area contributed by atoms with E-state index >= 15 is 0 Å². The molecular weight excluding hydrogens is 657 g/mol. The lowest BCUT2D eigenvalue weighted by molar-refractivity contribution is -0.245. The summed E-state index contributed by atoms with van der Waals surface area (Å²) in [6.45, 7) is -0.0547. The van der Waals surface area contributed by atoms with Gasteiger partial charge in [-0.2, -0.15) is 13.2 Å². The van der Waals surface area contributed by atoms with Crippen molar-refractivity contribution < 1.29 is 37.3 Å². The van der Waals surface area contributed by atoms with Crippen molar-refractivity contribution in [1.29, 1.82) is 0 Å². The highest BCUT2D eigenvalue weighted by molar-refractivity contribution is 7.99. The number of alkyl halides is 3. The molecule has 1 aromatic heterocycles. The molecule has 0 unspecified atom stereocenters. The Labute approximate surface area is 286 Å². The first-order valence-electron chi connectivity index (χ1n) is 16.0. The molecule has 0 saturated carbocycles. The fourth-order valence-corrected chi connectivity index (χ4v) is 7.15. The maximum absolute atomic E-state index is 13.1. The number of hydrogen-bond donors (Lipinski definition) is 2. The molecule has 4 atom stereocenters. The van der Waals surface area contributed by atoms with Crippen LogP contribution in [0.4, 0.5) is 13.2 Å². The van der Waals surface area contributed by atoms with E-state index in [0.717, 1.165) is 38.5 Å². The first-order valence-corrected chi connectivity index (χ1v) is 17.0. The maximum Gasteiger partial charge on any atom is 0.471 e. The van der Waals surface area contributed by atoms with Crippen LogP contribution in [0, 0.1) is 0 Å². The molecule has 0 radical (unpaired) electrons. The van der Waals surface area contributed by atoms with Gasteiger partial charge in [-0.15, -0.1) is 0 Å². The Morgan fingerprint density at radius 2 is 1.76 bits per heavy atom. The highest BCUT2D eigenvalue weighted by Gasteiger charge is 2.47. The zero-order valence-electron chi connectivity index (χ0n) is 26.8. The number of ether oxygens (including phenoxy) is 2. The van der Waals surface area contributed by atoms with Gasteiger partial charge in [-0.1, -0.05) is 84.6 Å². The molecule has 2 aliphatic rings. The van der Waals surface area contributed by atoms with Crippen LogP contribution in [-0.2, 0) is 39.3 Å².